The van der Waals surface area contributed by atoms with E-state index >= 15 is 0 Å². The molecule has 3 nitrogen and oxygen atoms in total. The molecule has 2 N–H and O–H groups in total. The van der Waals surface area contributed by atoms with Crippen molar-refractivity contribution in [3.05, 3.63) is 77.9 Å². The van der Waals surface area contributed by atoms with Gasteiger partial charge in [-0.3, -0.25) is 4.99 Å². The van der Waals surface area contributed by atoms with Gasteiger partial charge < -0.3 is 10.2 Å². The molecule has 0 aliphatic rings. The average Bonchev–Trinajstić information content (AvgIpc) is 2.58. The zero-order chi connectivity index (χ0) is 16.2. The number of rotatable bonds is 3. The topological polar surface area (TPSA) is 52.8 Å². The summed E-state index contributed by atoms with van der Waals surface area (Å²) in [5.41, 5.74) is 4.16. The summed E-state index contributed by atoms with van der Waals surface area (Å²) >= 11 is 0. The van der Waals surface area contributed by atoms with Crippen molar-refractivity contribution < 1.29 is 10.2 Å². The molecule has 0 fully saturated rings. The average molecular weight is 303 g/mol. The Kier molecular flexibility index (Phi) is 4.11. The first-order chi connectivity index (χ1) is 11.1. The zero-order valence-corrected chi connectivity index (χ0v) is 12.8. The highest BCUT2D eigenvalue weighted by molar-refractivity contribution is 5.88. The predicted molar refractivity (Wildman–Crippen MR) is 93.6 cm³/mol. The van der Waals surface area contributed by atoms with Gasteiger partial charge in [0.25, 0.3) is 0 Å². The molecular formula is C20H17NO2. The Morgan fingerprint density at radius 1 is 0.783 bits per heavy atom. The van der Waals surface area contributed by atoms with Gasteiger partial charge in [-0.2, -0.15) is 0 Å². The van der Waals surface area contributed by atoms with Crippen LogP contribution in [0.25, 0.3) is 11.1 Å². The maximum Gasteiger partial charge on any atom is 0.141 e. The maximum absolute atomic E-state index is 10.0. The van der Waals surface area contributed by atoms with Gasteiger partial charge in [0.05, 0.1) is 0 Å². The molecule has 0 aliphatic carbocycles. The molecule has 3 aromatic rings. The van der Waals surface area contributed by atoms with Gasteiger partial charge in [0.2, 0.25) is 0 Å². The first kappa shape index (κ1) is 14.9. The Morgan fingerprint density at radius 3 is 2.30 bits per heavy atom. The molecule has 0 atom stereocenters. The van der Waals surface area contributed by atoms with E-state index in [0.717, 1.165) is 16.7 Å². The van der Waals surface area contributed by atoms with Gasteiger partial charge in [0, 0.05) is 11.8 Å². The van der Waals surface area contributed by atoms with Gasteiger partial charge in [0.1, 0.15) is 17.2 Å². The summed E-state index contributed by atoms with van der Waals surface area (Å²) in [6.45, 7) is 1.94. The van der Waals surface area contributed by atoms with Gasteiger partial charge in [-0.1, -0.05) is 42.5 Å². The summed E-state index contributed by atoms with van der Waals surface area (Å²) in [4.78, 5) is 4.30. The van der Waals surface area contributed by atoms with Crippen LogP contribution >= 0.6 is 0 Å². The van der Waals surface area contributed by atoms with E-state index in [0.29, 0.717) is 11.3 Å². The molecule has 0 unspecified atom stereocenters. The second-order valence-electron chi connectivity index (χ2n) is 5.39. The molecule has 0 saturated heterocycles. The molecule has 3 heteroatoms. The molecule has 3 aromatic carbocycles. The lowest BCUT2D eigenvalue weighted by Crippen LogP contribution is -1.85. The first-order valence-electron chi connectivity index (χ1n) is 7.35. The zero-order valence-electron chi connectivity index (χ0n) is 12.8. The highest BCUT2D eigenvalue weighted by Gasteiger charge is 2.04. The Hall–Kier alpha value is -3.07. The summed E-state index contributed by atoms with van der Waals surface area (Å²) in [7, 11) is 0. The van der Waals surface area contributed by atoms with E-state index in [1.54, 1.807) is 24.4 Å². The SMILES string of the molecule is Cc1ccc(O)c(N=Cc2cc(-c3ccccc3)ccc2O)c1. The number of aromatic hydroxyl groups is 2. The monoisotopic (exact) mass is 303 g/mol. The van der Waals surface area contributed by atoms with Crippen LogP contribution in [0.15, 0.2) is 71.7 Å². The largest absolute Gasteiger partial charge is 0.507 e. The van der Waals surface area contributed by atoms with Crippen LogP contribution in [0.5, 0.6) is 11.5 Å². The van der Waals surface area contributed by atoms with E-state index in [1.165, 1.54) is 0 Å². The van der Waals surface area contributed by atoms with E-state index in [9.17, 15) is 10.2 Å². The van der Waals surface area contributed by atoms with Crippen LogP contribution < -0.4 is 0 Å². The number of nitrogens with zero attached hydrogens (tertiary/aromatic N) is 1. The summed E-state index contributed by atoms with van der Waals surface area (Å²) < 4.78 is 0. The molecule has 0 heterocycles. The quantitative estimate of drug-likeness (QED) is 0.681. The fourth-order valence-corrected chi connectivity index (χ4v) is 2.34. The fourth-order valence-electron chi connectivity index (χ4n) is 2.34. The molecule has 0 radical (unpaired) electrons. The lowest BCUT2D eigenvalue weighted by atomic mass is 10.0. The number of aryl methyl sites for hydroxylation is 1. The van der Waals surface area contributed by atoms with Gasteiger partial charge >= 0.3 is 0 Å². The van der Waals surface area contributed by atoms with Crippen LogP contribution in [0, 0.1) is 6.92 Å². The van der Waals surface area contributed by atoms with E-state index in [-0.39, 0.29) is 11.5 Å². The molecule has 3 rings (SSSR count). The molecule has 0 aliphatic heterocycles. The third kappa shape index (κ3) is 3.40. The second kappa shape index (κ2) is 6.36. The van der Waals surface area contributed by atoms with E-state index in [4.69, 9.17) is 0 Å². The molecule has 0 bridgehead atoms. The van der Waals surface area contributed by atoms with Crippen molar-refractivity contribution >= 4 is 11.9 Å². The molecular weight excluding hydrogens is 286 g/mol. The Balaban J connectivity index is 1.97. The van der Waals surface area contributed by atoms with E-state index in [1.807, 2.05) is 55.5 Å². The third-order valence-corrected chi connectivity index (χ3v) is 3.61. The van der Waals surface area contributed by atoms with Crippen molar-refractivity contribution in [1.29, 1.82) is 0 Å². The Morgan fingerprint density at radius 2 is 1.52 bits per heavy atom. The van der Waals surface area contributed by atoms with Crippen LogP contribution in [0.1, 0.15) is 11.1 Å². The first-order valence-corrected chi connectivity index (χ1v) is 7.35. The molecule has 23 heavy (non-hydrogen) atoms. The number of benzene rings is 3. The highest BCUT2D eigenvalue weighted by Crippen LogP contribution is 2.29. The smallest absolute Gasteiger partial charge is 0.141 e. The van der Waals surface area contributed by atoms with Crippen LogP contribution in [0.4, 0.5) is 5.69 Å². The fraction of sp³-hybridized carbons (Fsp3) is 0.0500. The van der Waals surface area contributed by atoms with Gasteiger partial charge in [-0.15, -0.1) is 0 Å². The van der Waals surface area contributed by atoms with Gasteiger partial charge in [0.15, 0.2) is 0 Å². The van der Waals surface area contributed by atoms with E-state index in [2.05, 4.69) is 4.99 Å². The van der Waals surface area contributed by atoms with Crippen molar-refractivity contribution in [3.63, 3.8) is 0 Å². The number of hydrogen-bond acceptors (Lipinski definition) is 3. The molecule has 0 amide bonds. The summed E-state index contributed by atoms with van der Waals surface area (Å²) in [5, 5.41) is 19.9. The summed E-state index contributed by atoms with van der Waals surface area (Å²) in [6, 6.07) is 20.6. The van der Waals surface area contributed by atoms with Crippen molar-refractivity contribution in [2.75, 3.05) is 0 Å². The number of aliphatic imine (C=N–C) groups is 1. The Labute approximate surface area is 135 Å². The minimum Gasteiger partial charge on any atom is -0.507 e. The lowest BCUT2D eigenvalue weighted by molar-refractivity contribution is 0.474. The molecule has 0 saturated carbocycles. The molecule has 0 spiro atoms. The predicted octanol–water partition coefficient (Wildman–Crippen LogP) is 4.82. The number of hydrogen-bond donors (Lipinski definition) is 2. The third-order valence-electron chi connectivity index (χ3n) is 3.61. The van der Waals surface area contributed by atoms with Crippen molar-refractivity contribution in [2.45, 2.75) is 6.92 Å². The highest BCUT2D eigenvalue weighted by atomic mass is 16.3. The van der Waals surface area contributed by atoms with Crippen molar-refractivity contribution in [1.82, 2.24) is 0 Å². The Bertz CT molecular complexity index is 855. The number of phenolic OH excluding ortho intramolecular Hbond substituents is 2. The van der Waals surface area contributed by atoms with E-state index < -0.39 is 0 Å². The summed E-state index contributed by atoms with van der Waals surface area (Å²) in [6.07, 6.45) is 1.57. The molecule has 114 valence electrons. The normalized spacial score (nSPS) is 11.0. The van der Waals surface area contributed by atoms with Crippen molar-refractivity contribution in [3.8, 4) is 22.6 Å². The van der Waals surface area contributed by atoms with Crippen LogP contribution in [0.3, 0.4) is 0 Å². The van der Waals surface area contributed by atoms with Crippen molar-refractivity contribution in [2.24, 2.45) is 4.99 Å². The maximum atomic E-state index is 10.0. The standard InChI is InChI=1S/C20H17NO2/c1-14-7-9-20(23)18(11-14)21-13-17-12-16(8-10-19(17)22)15-5-3-2-4-6-15/h2-13,22-23H,1H3. The van der Waals surface area contributed by atoms with Gasteiger partial charge in [-0.05, 0) is 47.9 Å². The number of phenols is 2. The van der Waals surface area contributed by atoms with Crippen LogP contribution in [-0.2, 0) is 0 Å². The second-order valence-corrected chi connectivity index (χ2v) is 5.39. The van der Waals surface area contributed by atoms with Crippen LogP contribution in [0.2, 0.25) is 0 Å². The lowest BCUT2D eigenvalue weighted by Gasteiger charge is -2.05. The summed E-state index contributed by atoms with van der Waals surface area (Å²) in [5.74, 6) is 0.270. The molecule has 0 aromatic heterocycles. The minimum absolute atomic E-state index is 0.116. The minimum atomic E-state index is 0.116. The van der Waals surface area contributed by atoms with Gasteiger partial charge in [-0.25, -0.2) is 0 Å². The van der Waals surface area contributed by atoms with Crippen LogP contribution in [-0.4, -0.2) is 16.4 Å².